The first-order valence-corrected chi connectivity index (χ1v) is 8.17. The van der Waals surface area contributed by atoms with E-state index in [4.69, 9.17) is 4.74 Å². The van der Waals surface area contributed by atoms with Gasteiger partial charge in [0, 0.05) is 25.7 Å². The topological polar surface area (TPSA) is 24.5 Å². The Kier molecular flexibility index (Phi) is 8.67. The first-order chi connectivity index (χ1) is 9.13. The van der Waals surface area contributed by atoms with Crippen molar-refractivity contribution in [1.82, 2.24) is 10.2 Å². The lowest BCUT2D eigenvalue weighted by Crippen LogP contribution is -2.45. The molecule has 19 heavy (non-hydrogen) atoms. The summed E-state index contributed by atoms with van der Waals surface area (Å²) in [5, 5.41) is 3.65. The molecule has 1 rings (SSSR count). The quantitative estimate of drug-likeness (QED) is 0.652. The number of piperidine rings is 1. The molecule has 0 saturated carbocycles. The number of likely N-dealkylation sites (tertiary alicyclic amines) is 1. The van der Waals surface area contributed by atoms with E-state index in [0.717, 1.165) is 32.2 Å². The van der Waals surface area contributed by atoms with E-state index >= 15 is 0 Å². The van der Waals surface area contributed by atoms with Crippen LogP contribution in [0.5, 0.6) is 0 Å². The number of hydrogen-bond acceptors (Lipinski definition) is 3. The Bertz CT molecular complexity index is 221. The van der Waals surface area contributed by atoms with Crippen molar-refractivity contribution in [3.8, 4) is 0 Å². The van der Waals surface area contributed by atoms with Crippen LogP contribution in [0, 0.1) is 11.8 Å². The highest BCUT2D eigenvalue weighted by Gasteiger charge is 2.23. The van der Waals surface area contributed by atoms with Crippen molar-refractivity contribution >= 4 is 0 Å². The van der Waals surface area contributed by atoms with Crippen molar-refractivity contribution in [2.24, 2.45) is 11.8 Å². The van der Waals surface area contributed by atoms with Gasteiger partial charge in [0.05, 0.1) is 6.61 Å². The lowest BCUT2D eigenvalue weighted by molar-refractivity contribution is 0.0669. The number of nitrogens with one attached hydrogen (secondary N) is 1. The van der Waals surface area contributed by atoms with Gasteiger partial charge in [0.15, 0.2) is 0 Å². The summed E-state index contributed by atoms with van der Waals surface area (Å²) in [7, 11) is 0. The Labute approximate surface area is 120 Å². The third kappa shape index (κ3) is 7.28. The number of nitrogens with zero attached hydrogens (tertiary/aromatic N) is 1. The van der Waals surface area contributed by atoms with Crippen molar-refractivity contribution in [3.63, 3.8) is 0 Å². The van der Waals surface area contributed by atoms with Crippen LogP contribution in [-0.2, 0) is 4.74 Å². The minimum atomic E-state index is 0.646. The van der Waals surface area contributed by atoms with E-state index in [2.05, 4.69) is 37.9 Å². The predicted octanol–water partition coefficient (Wildman–Crippen LogP) is 2.76. The third-order valence-corrected chi connectivity index (χ3v) is 3.97. The Hall–Kier alpha value is -0.120. The largest absolute Gasteiger partial charge is 0.380 e. The van der Waals surface area contributed by atoms with Crippen molar-refractivity contribution in [2.45, 2.75) is 53.0 Å². The predicted molar refractivity (Wildman–Crippen MR) is 82.6 cm³/mol. The lowest BCUT2D eigenvalue weighted by atomic mass is 9.91. The van der Waals surface area contributed by atoms with Gasteiger partial charge < -0.3 is 15.0 Å². The average Bonchev–Trinajstić information content (AvgIpc) is 2.41. The van der Waals surface area contributed by atoms with E-state index in [9.17, 15) is 0 Å². The molecule has 1 saturated heterocycles. The summed E-state index contributed by atoms with van der Waals surface area (Å²) in [6, 6.07) is 0.652. The van der Waals surface area contributed by atoms with E-state index in [1.54, 1.807) is 0 Å². The Morgan fingerprint density at radius 1 is 1.32 bits per heavy atom. The van der Waals surface area contributed by atoms with Gasteiger partial charge >= 0.3 is 0 Å². The Balaban J connectivity index is 2.18. The molecule has 3 nitrogen and oxygen atoms in total. The zero-order valence-corrected chi connectivity index (χ0v) is 13.5. The zero-order chi connectivity index (χ0) is 14.1. The van der Waals surface area contributed by atoms with Gasteiger partial charge in [-0.1, -0.05) is 20.8 Å². The molecule has 0 aromatic carbocycles. The fraction of sp³-hybridized carbons (Fsp3) is 1.00. The second-order valence-corrected chi connectivity index (χ2v) is 6.41. The number of rotatable bonds is 9. The summed E-state index contributed by atoms with van der Waals surface area (Å²) in [5.41, 5.74) is 0. The monoisotopic (exact) mass is 270 g/mol. The van der Waals surface area contributed by atoms with E-state index in [-0.39, 0.29) is 0 Å². The maximum absolute atomic E-state index is 5.70. The molecule has 0 radical (unpaired) electrons. The molecule has 1 N–H and O–H groups in total. The highest BCUT2D eigenvalue weighted by molar-refractivity contribution is 4.80. The van der Waals surface area contributed by atoms with Crippen molar-refractivity contribution in [1.29, 1.82) is 0 Å². The SMILES string of the molecule is CCCNC(C)C1CCCN(CCOCC(C)C)C1. The first-order valence-electron chi connectivity index (χ1n) is 8.17. The Morgan fingerprint density at radius 2 is 2.11 bits per heavy atom. The molecule has 0 aromatic rings. The van der Waals surface area contributed by atoms with E-state index in [1.807, 2.05) is 0 Å². The van der Waals surface area contributed by atoms with Crippen LogP contribution in [0.3, 0.4) is 0 Å². The summed E-state index contributed by atoms with van der Waals surface area (Å²) in [5.74, 6) is 1.46. The van der Waals surface area contributed by atoms with Crippen LogP contribution in [0.15, 0.2) is 0 Å². The molecule has 1 fully saturated rings. The van der Waals surface area contributed by atoms with Crippen LogP contribution in [0.1, 0.15) is 47.0 Å². The molecule has 1 aliphatic heterocycles. The smallest absolute Gasteiger partial charge is 0.0593 e. The summed E-state index contributed by atoms with van der Waals surface area (Å²) in [6.07, 6.45) is 3.94. The molecule has 3 heteroatoms. The van der Waals surface area contributed by atoms with Crippen LogP contribution in [0.4, 0.5) is 0 Å². The fourth-order valence-electron chi connectivity index (χ4n) is 2.75. The van der Waals surface area contributed by atoms with Crippen molar-refractivity contribution < 1.29 is 4.74 Å². The van der Waals surface area contributed by atoms with E-state index in [0.29, 0.717) is 12.0 Å². The maximum atomic E-state index is 5.70. The summed E-state index contributed by atoms with van der Waals surface area (Å²) < 4.78 is 5.70. The number of ether oxygens (including phenoxy) is 1. The summed E-state index contributed by atoms with van der Waals surface area (Å²) >= 11 is 0. The zero-order valence-electron chi connectivity index (χ0n) is 13.5. The fourth-order valence-corrected chi connectivity index (χ4v) is 2.75. The molecular formula is C16H34N2O. The molecular weight excluding hydrogens is 236 g/mol. The molecule has 1 aliphatic rings. The number of hydrogen-bond donors (Lipinski definition) is 1. The van der Waals surface area contributed by atoms with Gasteiger partial charge in [-0.3, -0.25) is 0 Å². The van der Waals surface area contributed by atoms with Gasteiger partial charge in [0.2, 0.25) is 0 Å². The molecule has 1 heterocycles. The van der Waals surface area contributed by atoms with Crippen LogP contribution in [0.2, 0.25) is 0 Å². The molecule has 0 amide bonds. The molecule has 2 atom stereocenters. The van der Waals surface area contributed by atoms with Gasteiger partial charge in [-0.2, -0.15) is 0 Å². The summed E-state index contributed by atoms with van der Waals surface area (Å²) in [4.78, 5) is 2.58. The van der Waals surface area contributed by atoms with Crippen molar-refractivity contribution in [2.75, 3.05) is 39.4 Å². The van der Waals surface area contributed by atoms with E-state index in [1.165, 1.54) is 32.4 Å². The molecule has 0 bridgehead atoms. The van der Waals surface area contributed by atoms with Gasteiger partial charge in [-0.05, 0) is 51.1 Å². The van der Waals surface area contributed by atoms with Gasteiger partial charge in [0.25, 0.3) is 0 Å². The lowest BCUT2D eigenvalue weighted by Gasteiger charge is -2.36. The highest BCUT2D eigenvalue weighted by Crippen LogP contribution is 2.19. The maximum Gasteiger partial charge on any atom is 0.0593 e. The molecule has 0 spiro atoms. The first kappa shape index (κ1) is 16.9. The highest BCUT2D eigenvalue weighted by atomic mass is 16.5. The molecule has 0 aromatic heterocycles. The van der Waals surface area contributed by atoms with Crippen LogP contribution in [0.25, 0.3) is 0 Å². The van der Waals surface area contributed by atoms with Crippen LogP contribution < -0.4 is 5.32 Å². The van der Waals surface area contributed by atoms with Crippen molar-refractivity contribution in [3.05, 3.63) is 0 Å². The molecule has 114 valence electrons. The van der Waals surface area contributed by atoms with E-state index < -0.39 is 0 Å². The summed E-state index contributed by atoms with van der Waals surface area (Å²) in [6.45, 7) is 15.5. The Morgan fingerprint density at radius 3 is 2.79 bits per heavy atom. The molecule has 0 aliphatic carbocycles. The standard InChI is InChI=1S/C16H34N2O/c1-5-8-17-15(4)16-7-6-9-18(12-16)10-11-19-13-14(2)3/h14-17H,5-13H2,1-4H3. The van der Waals surface area contributed by atoms with Gasteiger partial charge in [-0.15, -0.1) is 0 Å². The van der Waals surface area contributed by atoms with Crippen LogP contribution >= 0.6 is 0 Å². The second kappa shape index (κ2) is 9.73. The van der Waals surface area contributed by atoms with Gasteiger partial charge in [0.1, 0.15) is 0 Å². The second-order valence-electron chi connectivity index (χ2n) is 6.41. The minimum Gasteiger partial charge on any atom is -0.380 e. The van der Waals surface area contributed by atoms with Gasteiger partial charge in [-0.25, -0.2) is 0 Å². The normalized spacial score (nSPS) is 22.9. The third-order valence-electron chi connectivity index (χ3n) is 3.97. The minimum absolute atomic E-state index is 0.646. The van der Waals surface area contributed by atoms with Crippen LogP contribution in [-0.4, -0.2) is 50.3 Å². The molecule has 2 unspecified atom stereocenters. The average molecular weight is 270 g/mol.